The van der Waals surface area contributed by atoms with Crippen LogP contribution in [-0.2, 0) is 0 Å². The summed E-state index contributed by atoms with van der Waals surface area (Å²) in [7, 11) is 0. The highest BCUT2D eigenvalue weighted by atomic mass is 16.3. The van der Waals surface area contributed by atoms with Crippen LogP contribution in [-0.4, -0.2) is 4.98 Å². The summed E-state index contributed by atoms with van der Waals surface area (Å²) in [4.78, 5) is 3.79. The summed E-state index contributed by atoms with van der Waals surface area (Å²) < 4.78 is 6.17. The van der Waals surface area contributed by atoms with E-state index in [9.17, 15) is 0 Å². The molecule has 0 fully saturated rings. The number of rotatable bonds is 4. The Bertz CT molecular complexity index is 2470. The number of H-pyrrole nitrogens is 1. The number of fused-ring (bicyclic) bond motifs is 6. The second-order valence-electron chi connectivity index (χ2n) is 11.4. The fraction of sp³-hybridized carbons (Fsp3) is 0.0455. The Morgan fingerprint density at radius 2 is 0.783 bits per heavy atom. The van der Waals surface area contributed by atoms with Crippen molar-refractivity contribution in [2.75, 3.05) is 0 Å². The van der Waals surface area contributed by atoms with Gasteiger partial charge in [0, 0.05) is 32.6 Å². The Balaban J connectivity index is 0.00000153. The number of aromatic amines is 1. The zero-order valence-corrected chi connectivity index (χ0v) is 25.9. The highest BCUT2D eigenvalue weighted by molar-refractivity contribution is 6.14. The molecule has 9 aromatic rings. The second kappa shape index (κ2) is 11.6. The van der Waals surface area contributed by atoms with E-state index >= 15 is 0 Å². The van der Waals surface area contributed by atoms with Crippen molar-refractivity contribution in [2.45, 2.75) is 13.8 Å². The topological polar surface area (TPSA) is 28.9 Å². The molecular formula is C44H33NO. The molecule has 2 heterocycles. The highest BCUT2D eigenvalue weighted by Gasteiger charge is 2.17. The number of benzene rings is 7. The van der Waals surface area contributed by atoms with Gasteiger partial charge in [-0.25, -0.2) is 0 Å². The van der Waals surface area contributed by atoms with Gasteiger partial charge in [0.1, 0.15) is 11.2 Å². The summed E-state index contributed by atoms with van der Waals surface area (Å²) in [5, 5.41) is 4.70. The number of furan rings is 1. The Labute approximate surface area is 268 Å². The molecule has 0 amide bonds. The van der Waals surface area contributed by atoms with Crippen molar-refractivity contribution in [3.63, 3.8) is 0 Å². The summed E-state index contributed by atoms with van der Waals surface area (Å²) >= 11 is 0. The van der Waals surface area contributed by atoms with Crippen LogP contribution in [0, 0.1) is 0 Å². The SMILES string of the molecule is CC.c1ccc(-c2cc3[nH]c4cc(-c5ccccc5)c(-c5ccc6oc7ccccc7c6c5)cc4c3cc2-c2ccccc2)cc1. The minimum absolute atomic E-state index is 0.908. The van der Waals surface area contributed by atoms with Gasteiger partial charge in [0.2, 0.25) is 0 Å². The summed E-state index contributed by atoms with van der Waals surface area (Å²) in [6.07, 6.45) is 0. The Hall–Kier alpha value is -5.86. The molecule has 0 aliphatic rings. The number of hydrogen-bond acceptors (Lipinski definition) is 1. The molecule has 2 heteroatoms. The minimum atomic E-state index is 0.908. The maximum atomic E-state index is 6.17. The lowest BCUT2D eigenvalue weighted by molar-refractivity contribution is 0.669. The van der Waals surface area contributed by atoms with E-state index < -0.39 is 0 Å². The summed E-state index contributed by atoms with van der Waals surface area (Å²) in [5.74, 6) is 0. The number of hydrogen-bond donors (Lipinski definition) is 1. The van der Waals surface area contributed by atoms with Gasteiger partial charge in [-0.3, -0.25) is 0 Å². The first kappa shape index (κ1) is 27.7. The van der Waals surface area contributed by atoms with Crippen molar-refractivity contribution >= 4 is 43.7 Å². The monoisotopic (exact) mass is 591 g/mol. The third-order valence-corrected chi connectivity index (χ3v) is 8.82. The quantitative estimate of drug-likeness (QED) is 0.217. The molecule has 7 aromatic carbocycles. The van der Waals surface area contributed by atoms with Crippen LogP contribution < -0.4 is 0 Å². The molecule has 0 aliphatic heterocycles. The molecule has 0 aliphatic carbocycles. The first-order valence-electron chi connectivity index (χ1n) is 16.0. The van der Waals surface area contributed by atoms with Gasteiger partial charge in [0.15, 0.2) is 0 Å². The standard InChI is InChI=1S/C42H27NO.C2H6/c1-4-12-27(13-5-1)32-23-36-37-24-33(30-20-21-42-38(22-30)31-18-10-11-19-41(31)44-42)35(29-16-8-3-9-17-29)26-40(37)43-39(36)25-34(32)28-14-6-2-7-15-28;1-2/h1-26,43H;1-2H3. The fourth-order valence-electron chi connectivity index (χ4n) is 6.70. The summed E-state index contributed by atoms with van der Waals surface area (Å²) in [6, 6.07) is 56.3. The molecule has 220 valence electrons. The third-order valence-electron chi connectivity index (χ3n) is 8.82. The second-order valence-corrected chi connectivity index (χ2v) is 11.4. The van der Waals surface area contributed by atoms with Crippen molar-refractivity contribution in [2.24, 2.45) is 0 Å². The van der Waals surface area contributed by atoms with Gasteiger partial charge < -0.3 is 9.40 Å². The number of para-hydroxylation sites is 1. The van der Waals surface area contributed by atoms with Crippen LogP contribution in [0.25, 0.3) is 88.3 Å². The van der Waals surface area contributed by atoms with Crippen LogP contribution in [0.5, 0.6) is 0 Å². The zero-order chi connectivity index (χ0) is 31.0. The molecule has 46 heavy (non-hydrogen) atoms. The summed E-state index contributed by atoms with van der Waals surface area (Å²) in [5.41, 5.74) is 13.7. The maximum Gasteiger partial charge on any atom is 0.135 e. The van der Waals surface area contributed by atoms with Gasteiger partial charge in [-0.15, -0.1) is 0 Å². The van der Waals surface area contributed by atoms with Gasteiger partial charge in [-0.05, 0) is 87.0 Å². The van der Waals surface area contributed by atoms with Gasteiger partial charge in [0.25, 0.3) is 0 Å². The Morgan fingerprint density at radius 1 is 0.348 bits per heavy atom. The molecule has 2 aromatic heterocycles. The van der Waals surface area contributed by atoms with E-state index in [1.165, 1.54) is 55.3 Å². The maximum absolute atomic E-state index is 6.17. The lowest BCUT2D eigenvalue weighted by Gasteiger charge is -2.13. The molecule has 0 radical (unpaired) electrons. The van der Waals surface area contributed by atoms with Crippen LogP contribution >= 0.6 is 0 Å². The molecule has 1 N–H and O–H groups in total. The van der Waals surface area contributed by atoms with Crippen LogP contribution in [0.4, 0.5) is 0 Å². The summed E-state index contributed by atoms with van der Waals surface area (Å²) in [6.45, 7) is 4.00. The van der Waals surface area contributed by atoms with Crippen molar-refractivity contribution in [1.82, 2.24) is 4.98 Å². The third kappa shape index (κ3) is 4.67. The number of aromatic nitrogens is 1. The van der Waals surface area contributed by atoms with Gasteiger partial charge in [-0.2, -0.15) is 0 Å². The first-order chi connectivity index (χ1) is 22.8. The molecule has 0 bridgehead atoms. The highest BCUT2D eigenvalue weighted by Crippen LogP contribution is 2.43. The van der Waals surface area contributed by atoms with Crippen LogP contribution in [0.3, 0.4) is 0 Å². The number of nitrogens with one attached hydrogen (secondary N) is 1. The molecule has 0 atom stereocenters. The van der Waals surface area contributed by atoms with Crippen LogP contribution in [0.2, 0.25) is 0 Å². The first-order valence-corrected chi connectivity index (χ1v) is 16.0. The Morgan fingerprint density at radius 3 is 1.33 bits per heavy atom. The molecule has 2 nitrogen and oxygen atoms in total. The fourth-order valence-corrected chi connectivity index (χ4v) is 6.70. The van der Waals surface area contributed by atoms with E-state index in [0.29, 0.717) is 0 Å². The average Bonchev–Trinajstić information content (AvgIpc) is 3.69. The van der Waals surface area contributed by atoms with Crippen molar-refractivity contribution in [1.29, 1.82) is 0 Å². The van der Waals surface area contributed by atoms with E-state index in [1.54, 1.807) is 0 Å². The average molecular weight is 592 g/mol. The molecule has 0 spiro atoms. The molecule has 0 unspecified atom stereocenters. The Kier molecular flexibility index (Phi) is 6.96. The predicted molar refractivity (Wildman–Crippen MR) is 196 cm³/mol. The van der Waals surface area contributed by atoms with Crippen molar-refractivity contribution < 1.29 is 4.42 Å². The van der Waals surface area contributed by atoms with E-state index in [0.717, 1.165) is 33.0 Å². The van der Waals surface area contributed by atoms with Gasteiger partial charge >= 0.3 is 0 Å². The molecule has 9 rings (SSSR count). The van der Waals surface area contributed by atoms with Gasteiger partial charge in [-0.1, -0.05) is 129 Å². The van der Waals surface area contributed by atoms with E-state index in [1.807, 2.05) is 26.0 Å². The van der Waals surface area contributed by atoms with Gasteiger partial charge in [0.05, 0.1) is 0 Å². The van der Waals surface area contributed by atoms with Crippen LogP contribution in [0.1, 0.15) is 13.8 Å². The van der Waals surface area contributed by atoms with Crippen LogP contribution in [0.15, 0.2) is 162 Å². The minimum Gasteiger partial charge on any atom is -0.456 e. The zero-order valence-electron chi connectivity index (χ0n) is 25.9. The smallest absolute Gasteiger partial charge is 0.135 e. The normalized spacial score (nSPS) is 11.3. The molecule has 0 saturated carbocycles. The van der Waals surface area contributed by atoms with E-state index in [2.05, 4.69) is 151 Å². The van der Waals surface area contributed by atoms with E-state index in [4.69, 9.17) is 4.42 Å². The largest absolute Gasteiger partial charge is 0.456 e. The molecular weight excluding hydrogens is 558 g/mol. The predicted octanol–water partition coefficient (Wildman–Crippen LogP) is 12.9. The van der Waals surface area contributed by atoms with Crippen molar-refractivity contribution in [3.05, 3.63) is 158 Å². The molecule has 0 saturated heterocycles. The van der Waals surface area contributed by atoms with E-state index in [-0.39, 0.29) is 0 Å². The van der Waals surface area contributed by atoms with Crippen molar-refractivity contribution in [3.8, 4) is 44.5 Å². The lowest BCUT2D eigenvalue weighted by Crippen LogP contribution is -1.87. The lowest BCUT2D eigenvalue weighted by atomic mass is 9.90.